The van der Waals surface area contributed by atoms with Gasteiger partial charge in [0, 0.05) is 24.2 Å². The molecule has 0 aliphatic carbocycles. The van der Waals surface area contributed by atoms with Crippen LogP contribution in [0, 0.1) is 6.92 Å². The highest BCUT2D eigenvalue weighted by atomic mass is 32.3. The average Bonchev–Trinajstić information content (AvgIpc) is 3.00. The van der Waals surface area contributed by atoms with Crippen molar-refractivity contribution in [1.82, 2.24) is 9.03 Å². The fraction of sp³-hybridized carbons (Fsp3) is 0.444. The molecule has 0 spiro atoms. The average molecular weight is 445 g/mol. The number of hydrogen-bond acceptors (Lipinski definition) is 6. The van der Waals surface area contributed by atoms with E-state index in [0.717, 1.165) is 11.1 Å². The summed E-state index contributed by atoms with van der Waals surface area (Å²) in [6.45, 7) is 7.04. The van der Waals surface area contributed by atoms with Gasteiger partial charge in [0.05, 0.1) is 6.10 Å². The zero-order valence-corrected chi connectivity index (χ0v) is 18.6. The number of thiophene rings is 1. The lowest BCUT2D eigenvalue weighted by Gasteiger charge is -2.29. The molecule has 0 bridgehead atoms. The van der Waals surface area contributed by atoms with Crippen LogP contribution in [0.1, 0.15) is 43.6 Å². The summed E-state index contributed by atoms with van der Waals surface area (Å²) in [4.78, 5) is 0. The smallest absolute Gasteiger partial charge is 0.253 e. The van der Waals surface area contributed by atoms with Crippen LogP contribution in [-0.2, 0) is 26.6 Å². The highest BCUT2D eigenvalue weighted by molar-refractivity contribution is 7.94. The second-order valence-electron chi connectivity index (χ2n) is 7.96. The molecule has 1 aliphatic heterocycles. The number of nitrogens with zero attached hydrogens (tertiary/aromatic N) is 1. The number of hydrogen-bond donors (Lipinski definition) is 2. The van der Waals surface area contributed by atoms with Gasteiger partial charge in [-0.1, -0.05) is 29.8 Å². The summed E-state index contributed by atoms with van der Waals surface area (Å²) in [5.41, 5.74) is 1.29. The summed E-state index contributed by atoms with van der Waals surface area (Å²) >= 11 is 0.670. The Morgan fingerprint density at radius 2 is 1.86 bits per heavy atom. The van der Waals surface area contributed by atoms with E-state index in [1.165, 1.54) is 10.4 Å². The Balaban J connectivity index is 1.97. The lowest BCUT2D eigenvalue weighted by molar-refractivity contribution is 0.137. The molecule has 0 amide bonds. The van der Waals surface area contributed by atoms with Crippen LogP contribution >= 0.6 is 11.3 Å². The van der Waals surface area contributed by atoms with Crippen LogP contribution < -0.4 is 4.72 Å². The minimum atomic E-state index is -3.91. The number of aryl methyl sites for hydroxylation is 1. The number of sulfonamides is 2. The Bertz CT molecular complexity index is 1080. The van der Waals surface area contributed by atoms with Gasteiger partial charge in [-0.15, -0.1) is 11.3 Å². The maximum Gasteiger partial charge on any atom is 0.253 e. The monoisotopic (exact) mass is 444 g/mol. The molecule has 1 aromatic heterocycles. The van der Waals surface area contributed by atoms with Gasteiger partial charge in [-0.05, 0) is 39.3 Å². The van der Waals surface area contributed by atoms with Crippen molar-refractivity contribution in [1.29, 1.82) is 0 Å². The summed E-state index contributed by atoms with van der Waals surface area (Å²) < 4.78 is 54.8. The van der Waals surface area contributed by atoms with Gasteiger partial charge in [-0.2, -0.15) is 4.31 Å². The van der Waals surface area contributed by atoms with Crippen molar-refractivity contribution >= 4 is 31.4 Å². The second-order valence-corrected chi connectivity index (χ2v) is 13.1. The van der Waals surface area contributed by atoms with E-state index in [-0.39, 0.29) is 27.1 Å². The molecule has 28 heavy (non-hydrogen) atoms. The van der Waals surface area contributed by atoms with E-state index in [1.807, 2.05) is 31.2 Å². The molecule has 1 aromatic carbocycles. The Morgan fingerprint density at radius 1 is 1.25 bits per heavy atom. The first kappa shape index (κ1) is 21.4. The van der Waals surface area contributed by atoms with Crippen LogP contribution in [0.5, 0.6) is 0 Å². The zero-order valence-electron chi connectivity index (χ0n) is 16.1. The summed E-state index contributed by atoms with van der Waals surface area (Å²) in [5, 5.41) is 10.5. The lowest BCUT2D eigenvalue weighted by Crippen LogP contribution is -2.40. The van der Waals surface area contributed by atoms with E-state index in [1.54, 1.807) is 20.8 Å². The number of β-amino-alcohol motifs (C(OH)–C–C–N with tert-alkyl or cyclic N) is 1. The van der Waals surface area contributed by atoms with Gasteiger partial charge in [-0.3, -0.25) is 0 Å². The van der Waals surface area contributed by atoms with Crippen LogP contribution in [0.4, 0.5) is 0 Å². The second kappa shape index (κ2) is 7.19. The molecule has 0 radical (unpaired) electrons. The molecule has 2 N–H and O–H groups in total. The first-order valence-electron chi connectivity index (χ1n) is 8.71. The third kappa shape index (κ3) is 4.32. The quantitative estimate of drug-likeness (QED) is 0.753. The summed E-state index contributed by atoms with van der Waals surface area (Å²) in [6, 6.07) is 8.72. The molecule has 154 valence electrons. The van der Waals surface area contributed by atoms with Crippen LogP contribution in [0.3, 0.4) is 0 Å². The van der Waals surface area contributed by atoms with E-state index in [4.69, 9.17) is 0 Å². The van der Waals surface area contributed by atoms with Crippen molar-refractivity contribution in [3.05, 3.63) is 47.0 Å². The molecule has 1 aliphatic rings. The van der Waals surface area contributed by atoms with Crippen molar-refractivity contribution in [3.8, 4) is 0 Å². The fourth-order valence-corrected chi connectivity index (χ4v) is 8.17. The molecular weight excluding hydrogens is 420 g/mol. The lowest BCUT2D eigenvalue weighted by atomic mass is 10.1. The summed E-state index contributed by atoms with van der Waals surface area (Å²) in [7, 11) is -7.80. The van der Waals surface area contributed by atoms with E-state index in [9.17, 15) is 21.9 Å². The maximum absolute atomic E-state index is 13.1. The standard InChI is InChI=1S/C18H24N2O5S3/c1-12-5-7-13(8-6-12)10-20-11-15(21)14-9-16(26-17(14)28(20,24)25)27(22,23)19-18(2,3)4/h5-9,15,19,21H,10-11H2,1-4H3. The zero-order chi connectivity index (χ0) is 20.9. The molecule has 1 atom stereocenters. The van der Waals surface area contributed by atoms with E-state index in [0.29, 0.717) is 11.3 Å². The van der Waals surface area contributed by atoms with Crippen molar-refractivity contribution < 1.29 is 21.9 Å². The summed E-state index contributed by atoms with van der Waals surface area (Å²) in [6.07, 6.45) is -1.08. The van der Waals surface area contributed by atoms with Gasteiger partial charge < -0.3 is 5.11 Å². The normalized spacial score (nSPS) is 20.1. The van der Waals surface area contributed by atoms with Crippen molar-refractivity contribution in [2.75, 3.05) is 6.54 Å². The van der Waals surface area contributed by atoms with Gasteiger partial charge in [0.2, 0.25) is 0 Å². The molecule has 2 aromatic rings. The Kier molecular flexibility index (Phi) is 5.50. The molecule has 7 nitrogen and oxygen atoms in total. The predicted octanol–water partition coefficient (Wildman–Crippen LogP) is 2.37. The predicted molar refractivity (Wildman–Crippen MR) is 108 cm³/mol. The Morgan fingerprint density at radius 3 is 2.43 bits per heavy atom. The molecule has 10 heteroatoms. The number of fused-ring (bicyclic) bond motifs is 1. The molecule has 2 heterocycles. The minimum Gasteiger partial charge on any atom is -0.387 e. The minimum absolute atomic E-state index is 0.110. The third-order valence-electron chi connectivity index (χ3n) is 4.20. The number of aliphatic hydroxyl groups excluding tert-OH is 1. The fourth-order valence-electron chi connectivity index (χ4n) is 2.94. The number of rotatable bonds is 4. The van der Waals surface area contributed by atoms with Gasteiger partial charge in [-0.25, -0.2) is 21.6 Å². The number of benzene rings is 1. The van der Waals surface area contributed by atoms with Crippen molar-refractivity contribution in [2.24, 2.45) is 0 Å². The number of nitrogens with one attached hydrogen (secondary N) is 1. The van der Waals surface area contributed by atoms with Gasteiger partial charge in [0.1, 0.15) is 8.42 Å². The van der Waals surface area contributed by atoms with E-state index >= 15 is 0 Å². The molecule has 3 rings (SSSR count). The maximum atomic E-state index is 13.1. The molecule has 1 unspecified atom stereocenters. The Hall–Kier alpha value is -1.30. The van der Waals surface area contributed by atoms with Crippen molar-refractivity contribution in [3.63, 3.8) is 0 Å². The van der Waals surface area contributed by atoms with E-state index in [2.05, 4.69) is 4.72 Å². The first-order valence-corrected chi connectivity index (χ1v) is 12.4. The highest BCUT2D eigenvalue weighted by Crippen LogP contribution is 2.40. The highest BCUT2D eigenvalue weighted by Gasteiger charge is 2.40. The number of aliphatic hydroxyl groups is 1. The third-order valence-corrected chi connectivity index (χ3v) is 9.92. The van der Waals surface area contributed by atoms with Crippen LogP contribution in [0.15, 0.2) is 38.8 Å². The van der Waals surface area contributed by atoms with Crippen LogP contribution in [0.25, 0.3) is 0 Å². The molecular formula is C18H24N2O5S3. The van der Waals surface area contributed by atoms with Crippen LogP contribution in [-0.4, -0.2) is 38.3 Å². The largest absolute Gasteiger partial charge is 0.387 e. The molecule has 0 saturated heterocycles. The molecule has 0 saturated carbocycles. The SMILES string of the molecule is Cc1ccc(CN2CC(O)c3cc(S(=O)(=O)NC(C)(C)C)sc3S2(=O)=O)cc1. The topological polar surface area (TPSA) is 104 Å². The van der Waals surface area contributed by atoms with Gasteiger partial charge >= 0.3 is 0 Å². The first-order chi connectivity index (χ1) is 12.8. The molecule has 0 fully saturated rings. The van der Waals surface area contributed by atoms with Gasteiger partial charge in [0.25, 0.3) is 20.0 Å². The summed E-state index contributed by atoms with van der Waals surface area (Å²) in [5.74, 6) is 0. The van der Waals surface area contributed by atoms with Crippen LogP contribution in [0.2, 0.25) is 0 Å². The van der Waals surface area contributed by atoms with E-state index < -0.39 is 31.7 Å². The van der Waals surface area contributed by atoms with Crippen molar-refractivity contribution in [2.45, 2.75) is 54.3 Å². The Labute approximate surface area is 170 Å². The van der Waals surface area contributed by atoms with Gasteiger partial charge in [0.15, 0.2) is 0 Å².